The van der Waals surface area contributed by atoms with Gasteiger partial charge >= 0.3 is 0 Å². The molecule has 1 aromatic carbocycles. The summed E-state index contributed by atoms with van der Waals surface area (Å²) in [6, 6.07) is 14.8. The Morgan fingerprint density at radius 2 is 1.86 bits per heavy atom. The van der Waals surface area contributed by atoms with Crippen LogP contribution in [0.1, 0.15) is 45.1 Å². The molecule has 0 radical (unpaired) electrons. The smallest absolute Gasteiger partial charge is 0.253 e. The first-order valence-electron chi connectivity index (χ1n) is 9.91. The zero-order valence-electron chi connectivity index (χ0n) is 16.7. The van der Waals surface area contributed by atoms with E-state index in [1.165, 1.54) is 0 Å². The summed E-state index contributed by atoms with van der Waals surface area (Å²) in [5.74, 6) is -0.219. The third-order valence-electron chi connectivity index (χ3n) is 5.37. The fourth-order valence-corrected chi connectivity index (χ4v) is 3.91. The second kappa shape index (κ2) is 7.99. The zero-order valence-corrected chi connectivity index (χ0v) is 16.7. The number of pyridine rings is 1. The van der Waals surface area contributed by atoms with Gasteiger partial charge < -0.3 is 4.90 Å². The lowest BCUT2D eigenvalue weighted by atomic mass is 9.91. The number of carbonyl (C=O) groups excluding carboxylic acids is 2. The van der Waals surface area contributed by atoms with Crippen molar-refractivity contribution in [3.63, 3.8) is 0 Å². The Morgan fingerprint density at radius 1 is 1.07 bits per heavy atom. The molecule has 1 atom stereocenters. The monoisotopic (exact) mass is 388 g/mol. The van der Waals surface area contributed by atoms with Crippen molar-refractivity contribution >= 4 is 11.7 Å². The van der Waals surface area contributed by atoms with Gasteiger partial charge in [-0.25, -0.2) is 4.68 Å². The number of hydrogen-bond donors (Lipinski definition) is 0. The van der Waals surface area contributed by atoms with Gasteiger partial charge in [0.2, 0.25) is 0 Å². The molecule has 1 fully saturated rings. The van der Waals surface area contributed by atoms with E-state index < -0.39 is 0 Å². The Morgan fingerprint density at radius 3 is 2.52 bits per heavy atom. The van der Waals surface area contributed by atoms with Gasteiger partial charge in [-0.2, -0.15) is 5.10 Å². The zero-order chi connectivity index (χ0) is 20.4. The number of nitrogens with zero attached hydrogens (tertiary/aromatic N) is 4. The molecule has 0 bridgehead atoms. The highest BCUT2D eigenvalue weighted by molar-refractivity contribution is 5.98. The Bertz CT molecular complexity index is 1020. The maximum Gasteiger partial charge on any atom is 0.253 e. The van der Waals surface area contributed by atoms with Gasteiger partial charge in [-0.05, 0) is 69.2 Å². The number of amides is 1. The highest BCUT2D eigenvalue weighted by Gasteiger charge is 2.30. The SMILES string of the molecule is Cc1cc(C)n(-c2ccc(C(=O)N3CCCC(C(=O)c4ccccn4)C3)cc2)n1. The molecule has 6 heteroatoms. The summed E-state index contributed by atoms with van der Waals surface area (Å²) in [6.07, 6.45) is 3.23. The predicted octanol–water partition coefficient (Wildman–Crippen LogP) is 3.62. The molecule has 0 aliphatic carbocycles. The molecule has 0 saturated carbocycles. The number of hydrogen-bond acceptors (Lipinski definition) is 4. The van der Waals surface area contributed by atoms with Crippen molar-refractivity contribution in [2.45, 2.75) is 26.7 Å². The van der Waals surface area contributed by atoms with E-state index in [2.05, 4.69) is 10.1 Å². The molecule has 1 saturated heterocycles. The first kappa shape index (κ1) is 19.1. The topological polar surface area (TPSA) is 68.1 Å². The summed E-state index contributed by atoms with van der Waals surface area (Å²) in [4.78, 5) is 31.7. The van der Waals surface area contributed by atoms with Gasteiger partial charge in [-0.15, -0.1) is 0 Å². The van der Waals surface area contributed by atoms with Gasteiger partial charge in [-0.3, -0.25) is 14.6 Å². The summed E-state index contributed by atoms with van der Waals surface area (Å²) in [6.45, 7) is 5.07. The van der Waals surface area contributed by atoms with E-state index in [4.69, 9.17) is 0 Å². The van der Waals surface area contributed by atoms with E-state index in [-0.39, 0.29) is 17.6 Å². The molecule has 0 N–H and O–H groups in total. The molecule has 1 unspecified atom stereocenters. The minimum atomic E-state index is -0.198. The van der Waals surface area contributed by atoms with Gasteiger partial charge in [0.25, 0.3) is 5.91 Å². The lowest BCUT2D eigenvalue weighted by molar-refractivity contribution is 0.0635. The van der Waals surface area contributed by atoms with Crippen LogP contribution in [-0.2, 0) is 0 Å². The van der Waals surface area contributed by atoms with Crippen LogP contribution < -0.4 is 0 Å². The molecule has 3 heterocycles. The quantitative estimate of drug-likeness (QED) is 0.640. The van der Waals surface area contributed by atoms with Crippen molar-refractivity contribution < 1.29 is 9.59 Å². The summed E-state index contributed by atoms with van der Waals surface area (Å²) in [7, 11) is 0. The minimum Gasteiger partial charge on any atom is -0.338 e. The number of aryl methyl sites for hydroxylation is 2. The molecule has 1 amide bonds. The molecular formula is C23H24N4O2. The molecular weight excluding hydrogens is 364 g/mol. The van der Waals surface area contributed by atoms with E-state index in [1.807, 2.05) is 54.9 Å². The number of rotatable bonds is 4. The van der Waals surface area contributed by atoms with Crippen LogP contribution in [0.3, 0.4) is 0 Å². The van der Waals surface area contributed by atoms with Crippen molar-refractivity contribution in [1.29, 1.82) is 0 Å². The number of carbonyl (C=O) groups is 2. The van der Waals surface area contributed by atoms with Crippen LogP contribution in [-0.4, -0.2) is 44.4 Å². The van der Waals surface area contributed by atoms with Crippen LogP contribution in [0, 0.1) is 19.8 Å². The molecule has 6 nitrogen and oxygen atoms in total. The van der Waals surface area contributed by atoms with Crippen molar-refractivity contribution in [3.8, 4) is 5.69 Å². The third-order valence-corrected chi connectivity index (χ3v) is 5.37. The van der Waals surface area contributed by atoms with E-state index in [1.54, 1.807) is 23.2 Å². The van der Waals surface area contributed by atoms with E-state index in [0.717, 1.165) is 29.9 Å². The number of piperidine rings is 1. The fourth-order valence-electron chi connectivity index (χ4n) is 3.91. The highest BCUT2D eigenvalue weighted by Crippen LogP contribution is 2.22. The Kier molecular flexibility index (Phi) is 5.25. The second-order valence-electron chi connectivity index (χ2n) is 7.56. The average Bonchev–Trinajstić information content (AvgIpc) is 3.11. The molecule has 4 rings (SSSR count). The molecule has 29 heavy (non-hydrogen) atoms. The molecule has 1 aliphatic heterocycles. The van der Waals surface area contributed by atoms with Crippen LogP contribution in [0.25, 0.3) is 5.69 Å². The summed E-state index contributed by atoms with van der Waals surface area (Å²) in [5, 5.41) is 4.48. The normalized spacial score (nSPS) is 16.6. The third kappa shape index (κ3) is 3.97. The van der Waals surface area contributed by atoms with E-state index >= 15 is 0 Å². The average molecular weight is 388 g/mol. The first-order valence-corrected chi connectivity index (χ1v) is 9.91. The molecule has 1 aliphatic rings. The summed E-state index contributed by atoms with van der Waals surface area (Å²) < 4.78 is 1.87. The van der Waals surface area contributed by atoms with Crippen molar-refractivity contribution in [1.82, 2.24) is 19.7 Å². The Balaban J connectivity index is 1.47. The Hall–Kier alpha value is -3.28. The maximum atomic E-state index is 13.0. The highest BCUT2D eigenvalue weighted by atomic mass is 16.2. The maximum absolute atomic E-state index is 13.0. The lowest BCUT2D eigenvalue weighted by Gasteiger charge is -2.32. The second-order valence-corrected chi connectivity index (χ2v) is 7.56. The first-order chi connectivity index (χ1) is 14.0. The summed E-state index contributed by atoms with van der Waals surface area (Å²) >= 11 is 0. The number of ketones is 1. The summed E-state index contributed by atoms with van der Waals surface area (Å²) in [5.41, 5.74) is 4.03. The predicted molar refractivity (Wildman–Crippen MR) is 110 cm³/mol. The standard InChI is InChI=1S/C23H24N4O2/c1-16-14-17(2)27(25-16)20-10-8-18(9-11-20)23(29)26-13-5-6-19(15-26)22(28)21-7-3-4-12-24-21/h3-4,7-12,14,19H,5-6,13,15H2,1-2H3. The fraction of sp³-hybridized carbons (Fsp3) is 0.304. The number of likely N-dealkylation sites (tertiary alicyclic amines) is 1. The van der Waals surface area contributed by atoms with Crippen LogP contribution in [0.2, 0.25) is 0 Å². The van der Waals surface area contributed by atoms with Gasteiger partial charge in [-0.1, -0.05) is 6.07 Å². The van der Waals surface area contributed by atoms with Crippen molar-refractivity contribution in [2.75, 3.05) is 13.1 Å². The number of Topliss-reactive ketones (excluding diaryl/α,β-unsaturated/α-hetero) is 1. The number of aromatic nitrogens is 3. The lowest BCUT2D eigenvalue weighted by Crippen LogP contribution is -2.42. The molecule has 2 aromatic heterocycles. The van der Waals surface area contributed by atoms with Crippen LogP contribution in [0.4, 0.5) is 0 Å². The largest absolute Gasteiger partial charge is 0.338 e. The molecule has 148 valence electrons. The van der Waals surface area contributed by atoms with Crippen molar-refractivity contribution in [2.24, 2.45) is 5.92 Å². The van der Waals surface area contributed by atoms with Crippen LogP contribution in [0.5, 0.6) is 0 Å². The molecule has 3 aromatic rings. The van der Waals surface area contributed by atoms with Gasteiger partial charge in [0.15, 0.2) is 5.78 Å². The van der Waals surface area contributed by atoms with Crippen LogP contribution in [0.15, 0.2) is 54.7 Å². The van der Waals surface area contributed by atoms with Crippen LogP contribution >= 0.6 is 0 Å². The Labute approximate surface area is 170 Å². The van der Waals surface area contributed by atoms with E-state index in [9.17, 15) is 9.59 Å². The minimum absolute atomic E-state index is 0.0166. The van der Waals surface area contributed by atoms with Crippen molar-refractivity contribution in [3.05, 3.63) is 77.4 Å². The van der Waals surface area contributed by atoms with Gasteiger partial charge in [0.1, 0.15) is 5.69 Å². The number of benzene rings is 1. The molecule has 0 spiro atoms. The van der Waals surface area contributed by atoms with Gasteiger partial charge in [0, 0.05) is 36.5 Å². The van der Waals surface area contributed by atoms with Gasteiger partial charge in [0.05, 0.1) is 11.4 Å². The van der Waals surface area contributed by atoms with E-state index in [0.29, 0.717) is 24.3 Å².